The van der Waals surface area contributed by atoms with Gasteiger partial charge in [0.1, 0.15) is 5.54 Å². The van der Waals surface area contributed by atoms with Crippen LogP contribution >= 0.6 is 0 Å². The molecule has 0 bridgehead atoms. The quantitative estimate of drug-likeness (QED) is 0.800. The Balaban J connectivity index is 2.50. The summed E-state index contributed by atoms with van der Waals surface area (Å²) in [6.07, 6.45) is -4.56. The molecule has 0 saturated heterocycles. The van der Waals surface area contributed by atoms with Gasteiger partial charge in [-0.1, -0.05) is 6.07 Å². The van der Waals surface area contributed by atoms with Gasteiger partial charge < -0.3 is 10.1 Å². The van der Waals surface area contributed by atoms with Crippen LogP contribution in [0, 0.1) is 6.92 Å². The number of carbonyl (C=O) groups is 2. The summed E-state index contributed by atoms with van der Waals surface area (Å²) in [7, 11) is 1.14. The number of hydrogen-bond acceptors (Lipinski definition) is 5. The smallest absolute Gasteiger partial charge is 0.416 e. The number of benzene rings is 1. The highest BCUT2D eigenvalue weighted by atomic mass is 19.4. The number of rotatable bonds is 4. The Bertz CT molecular complexity index is 981. The number of hydrogen-bond donors (Lipinski definition) is 1. The zero-order valence-electron chi connectivity index (χ0n) is 15.5. The van der Waals surface area contributed by atoms with Crippen molar-refractivity contribution in [1.82, 2.24) is 15.1 Å². The van der Waals surface area contributed by atoms with Gasteiger partial charge in [-0.05, 0) is 39.0 Å². The third kappa shape index (κ3) is 4.38. The molecule has 1 heterocycles. The van der Waals surface area contributed by atoms with Crippen LogP contribution in [0.25, 0.3) is 5.69 Å². The van der Waals surface area contributed by atoms with Crippen LogP contribution in [0.15, 0.2) is 35.1 Å². The van der Waals surface area contributed by atoms with E-state index in [1.165, 1.54) is 32.9 Å². The molecule has 150 valence electrons. The molecule has 0 fully saturated rings. The maximum Gasteiger partial charge on any atom is 0.416 e. The minimum atomic E-state index is -4.56. The van der Waals surface area contributed by atoms with Crippen molar-refractivity contribution >= 4 is 11.9 Å². The molecule has 0 saturated carbocycles. The van der Waals surface area contributed by atoms with E-state index >= 15 is 0 Å². The molecule has 0 radical (unpaired) electrons. The van der Waals surface area contributed by atoms with Crippen molar-refractivity contribution in [1.29, 1.82) is 0 Å². The molecular formula is C18H18F3N3O4. The van der Waals surface area contributed by atoms with E-state index in [1.54, 1.807) is 0 Å². The fourth-order valence-electron chi connectivity index (χ4n) is 2.43. The molecule has 0 atom stereocenters. The van der Waals surface area contributed by atoms with Crippen molar-refractivity contribution in [3.8, 4) is 5.69 Å². The Hall–Kier alpha value is -3.17. The van der Waals surface area contributed by atoms with Gasteiger partial charge in [0, 0.05) is 11.8 Å². The summed E-state index contributed by atoms with van der Waals surface area (Å²) in [6, 6.07) is 5.38. The normalized spacial score (nSPS) is 11.8. The number of nitrogens with one attached hydrogen (secondary N) is 1. The van der Waals surface area contributed by atoms with Gasteiger partial charge in [-0.2, -0.15) is 18.3 Å². The van der Waals surface area contributed by atoms with Crippen LogP contribution in [0.4, 0.5) is 13.2 Å². The van der Waals surface area contributed by atoms with Crippen LogP contribution in [0.1, 0.15) is 35.6 Å². The molecule has 0 spiro atoms. The first-order valence-electron chi connectivity index (χ1n) is 8.06. The summed E-state index contributed by atoms with van der Waals surface area (Å²) < 4.78 is 44.5. The maximum atomic E-state index is 13.0. The third-order valence-electron chi connectivity index (χ3n) is 3.86. The standard InChI is InChI=1S/C18H18F3N3O4/c1-10-8-13(25)14(15(26)22-17(2,3)16(27)28-4)23-24(10)12-7-5-6-11(9-12)18(19,20)21/h5-9H,1-4H3,(H,22,26). The molecule has 2 rings (SSSR count). The summed E-state index contributed by atoms with van der Waals surface area (Å²) in [4.78, 5) is 36.3. The van der Waals surface area contributed by atoms with Crippen LogP contribution in [-0.2, 0) is 15.7 Å². The van der Waals surface area contributed by atoms with E-state index in [4.69, 9.17) is 0 Å². The fraction of sp³-hybridized carbons (Fsp3) is 0.333. The second kappa shape index (κ2) is 7.45. The number of nitrogens with zero attached hydrogens (tertiary/aromatic N) is 2. The lowest BCUT2D eigenvalue weighted by Crippen LogP contribution is -2.51. The summed E-state index contributed by atoms with van der Waals surface area (Å²) >= 11 is 0. The van der Waals surface area contributed by atoms with Crippen molar-refractivity contribution in [2.24, 2.45) is 0 Å². The lowest BCUT2D eigenvalue weighted by Gasteiger charge is -2.22. The highest BCUT2D eigenvalue weighted by Gasteiger charge is 2.33. The highest BCUT2D eigenvalue weighted by Crippen LogP contribution is 2.30. The van der Waals surface area contributed by atoms with E-state index in [0.29, 0.717) is 0 Å². The Morgan fingerprint density at radius 1 is 1.18 bits per heavy atom. The maximum absolute atomic E-state index is 13.0. The van der Waals surface area contributed by atoms with Crippen LogP contribution in [-0.4, -0.2) is 34.3 Å². The SMILES string of the molecule is COC(=O)C(C)(C)NC(=O)c1nn(-c2cccc(C(F)(F)F)c2)c(C)cc1=O. The van der Waals surface area contributed by atoms with E-state index in [0.717, 1.165) is 30.0 Å². The zero-order valence-corrected chi connectivity index (χ0v) is 15.5. The van der Waals surface area contributed by atoms with Crippen molar-refractivity contribution in [2.75, 3.05) is 7.11 Å². The van der Waals surface area contributed by atoms with Crippen LogP contribution < -0.4 is 10.7 Å². The first kappa shape index (κ1) is 21.1. The predicted octanol–water partition coefficient (Wildman–Crippen LogP) is 2.24. The average Bonchev–Trinajstić information content (AvgIpc) is 2.59. The van der Waals surface area contributed by atoms with Crippen molar-refractivity contribution < 1.29 is 27.5 Å². The molecule has 10 heteroatoms. The summed E-state index contributed by atoms with van der Waals surface area (Å²) in [5.74, 6) is -1.70. The van der Waals surface area contributed by atoms with Crippen LogP contribution in [0.5, 0.6) is 0 Å². The number of aromatic nitrogens is 2. The van der Waals surface area contributed by atoms with Gasteiger partial charge in [0.05, 0.1) is 18.4 Å². The van der Waals surface area contributed by atoms with Gasteiger partial charge in [0.2, 0.25) is 5.43 Å². The van der Waals surface area contributed by atoms with Gasteiger partial charge in [-0.15, -0.1) is 0 Å². The van der Waals surface area contributed by atoms with E-state index in [1.807, 2.05) is 0 Å². The number of ether oxygens (including phenoxy) is 1. The molecule has 0 aliphatic heterocycles. The molecule has 0 aliphatic carbocycles. The molecule has 2 aromatic rings. The number of aryl methyl sites for hydroxylation is 1. The monoisotopic (exact) mass is 397 g/mol. The van der Waals surface area contributed by atoms with Crippen molar-refractivity contribution in [3.63, 3.8) is 0 Å². The number of alkyl halides is 3. The number of amides is 1. The third-order valence-corrected chi connectivity index (χ3v) is 3.86. The Kier molecular flexibility index (Phi) is 5.62. The van der Waals surface area contributed by atoms with Crippen LogP contribution in [0.2, 0.25) is 0 Å². The van der Waals surface area contributed by atoms with E-state index < -0.39 is 40.3 Å². The molecule has 1 N–H and O–H groups in total. The average molecular weight is 397 g/mol. The lowest BCUT2D eigenvalue weighted by atomic mass is 10.1. The predicted molar refractivity (Wildman–Crippen MR) is 93.1 cm³/mol. The number of esters is 1. The summed E-state index contributed by atoms with van der Waals surface area (Å²) in [6.45, 7) is 4.21. The Morgan fingerprint density at radius 3 is 2.39 bits per heavy atom. The van der Waals surface area contributed by atoms with E-state index in [2.05, 4.69) is 15.2 Å². The fourth-order valence-corrected chi connectivity index (χ4v) is 2.43. The Labute approximate surface area is 158 Å². The number of methoxy groups -OCH3 is 1. The van der Waals surface area contributed by atoms with Gasteiger partial charge in [-0.3, -0.25) is 9.59 Å². The molecule has 1 amide bonds. The zero-order chi connectivity index (χ0) is 21.3. The van der Waals surface area contributed by atoms with E-state index in [9.17, 15) is 27.6 Å². The minimum Gasteiger partial charge on any atom is -0.467 e. The highest BCUT2D eigenvalue weighted by molar-refractivity contribution is 5.96. The largest absolute Gasteiger partial charge is 0.467 e. The molecule has 28 heavy (non-hydrogen) atoms. The topological polar surface area (TPSA) is 90.3 Å². The molecule has 7 nitrogen and oxygen atoms in total. The second-order valence-corrected chi connectivity index (χ2v) is 6.53. The minimum absolute atomic E-state index is 0.0219. The summed E-state index contributed by atoms with van der Waals surface area (Å²) in [5, 5.41) is 6.24. The van der Waals surface area contributed by atoms with Gasteiger partial charge in [-0.25, -0.2) is 9.48 Å². The van der Waals surface area contributed by atoms with Gasteiger partial charge >= 0.3 is 12.1 Å². The first-order valence-corrected chi connectivity index (χ1v) is 8.06. The molecule has 0 unspecified atom stereocenters. The number of carbonyl (C=O) groups excluding carboxylic acids is 2. The Morgan fingerprint density at radius 2 is 1.82 bits per heavy atom. The molecule has 1 aromatic carbocycles. The molecular weight excluding hydrogens is 379 g/mol. The second-order valence-electron chi connectivity index (χ2n) is 6.53. The van der Waals surface area contributed by atoms with Crippen LogP contribution in [0.3, 0.4) is 0 Å². The van der Waals surface area contributed by atoms with Crippen molar-refractivity contribution in [2.45, 2.75) is 32.5 Å². The summed E-state index contributed by atoms with van der Waals surface area (Å²) in [5.41, 5.74) is -3.39. The van der Waals surface area contributed by atoms with E-state index in [-0.39, 0.29) is 11.4 Å². The van der Waals surface area contributed by atoms with Gasteiger partial charge in [0.25, 0.3) is 5.91 Å². The van der Waals surface area contributed by atoms with Gasteiger partial charge in [0.15, 0.2) is 5.69 Å². The number of halogens is 3. The lowest BCUT2D eigenvalue weighted by molar-refractivity contribution is -0.146. The molecule has 0 aliphatic rings. The first-order chi connectivity index (χ1) is 12.9. The molecule has 1 aromatic heterocycles. The van der Waals surface area contributed by atoms with Crippen molar-refractivity contribution in [3.05, 3.63) is 57.5 Å².